The molecule has 4 fully saturated rings. The monoisotopic (exact) mass is 605 g/mol. The van der Waals surface area contributed by atoms with Gasteiger partial charge in [0.05, 0.1) is 11.6 Å². The SMILES string of the molecule is C[C@@H]1Oc2nc(-c3cc(N)ccc3C(C)(C)C)c(F)c3nc(OC[C@@]45CCCN4C[C@H](F)C5)nc(c23)N2C[C@H]3CC[C@H](N3)[C@@H]12. The van der Waals surface area contributed by atoms with Crippen LogP contribution in [-0.2, 0) is 5.41 Å². The lowest BCUT2D eigenvalue weighted by Crippen LogP contribution is -2.62. The number of nitrogens with zero attached hydrogens (tertiary/aromatic N) is 5. The van der Waals surface area contributed by atoms with Crippen LogP contribution in [0.1, 0.15) is 65.4 Å². The molecule has 0 unspecified atom stereocenters. The van der Waals surface area contributed by atoms with Crippen LogP contribution >= 0.6 is 0 Å². The van der Waals surface area contributed by atoms with E-state index in [9.17, 15) is 4.39 Å². The molecule has 6 atom stereocenters. The third-order valence-corrected chi connectivity index (χ3v) is 10.6. The normalized spacial score (nSPS) is 31.1. The van der Waals surface area contributed by atoms with Gasteiger partial charge in [-0.05, 0) is 62.3 Å². The first kappa shape index (κ1) is 28.2. The lowest BCUT2D eigenvalue weighted by molar-refractivity contribution is 0.107. The molecule has 44 heavy (non-hydrogen) atoms. The minimum Gasteiger partial charge on any atom is -0.472 e. The zero-order chi connectivity index (χ0) is 30.5. The molecule has 1 aromatic carbocycles. The molecule has 7 heterocycles. The van der Waals surface area contributed by atoms with E-state index in [1.54, 1.807) is 6.07 Å². The lowest BCUT2D eigenvalue weighted by atomic mass is 9.82. The highest BCUT2D eigenvalue weighted by Gasteiger charge is 2.50. The van der Waals surface area contributed by atoms with E-state index in [0.717, 1.165) is 37.8 Å². The van der Waals surface area contributed by atoms with Crippen LogP contribution in [0.2, 0.25) is 0 Å². The summed E-state index contributed by atoms with van der Waals surface area (Å²) in [7, 11) is 0. The minimum atomic E-state index is -0.874. The number of ether oxygens (including phenoxy) is 2. The van der Waals surface area contributed by atoms with Gasteiger partial charge in [0.2, 0.25) is 5.88 Å². The molecule has 11 heteroatoms. The Morgan fingerprint density at radius 1 is 1.18 bits per heavy atom. The smallest absolute Gasteiger partial charge is 0.319 e. The molecule has 4 saturated heterocycles. The predicted molar refractivity (Wildman–Crippen MR) is 166 cm³/mol. The number of piperazine rings is 1. The number of nitrogens with one attached hydrogen (secondary N) is 1. The van der Waals surface area contributed by atoms with E-state index >= 15 is 4.39 Å². The molecule has 5 aliphatic heterocycles. The zero-order valence-corrected chi connectivity index (χ0v) is 25.9. The van der Waals surface area contributed by atoms with Crippen LogP contribution in [0.4, 0.5) is 20.3 Å². The number of halogens is 2. The van der Waals surface area contributed by atoms with Crippen LogP contribution < -0.4 is 25.4 Å². The molecule has 0 amide bonds. The number of aromatic nitrogens is 3. The first-order valence-electron chi connectivity index (χ1n) is 16.0. The van der Waals surface area contributed by atoms with Gasteiger partial charge in [0.25, 0.3) is 0 Å². The van der Waals surface area contributed by atoms with E-state index in [1.165, 1.54) is 0 Å². The number of alkyl halides is 1. The minimum absolute atomic E-state index is 0.0241. The molecule has 8 rings (SSSR count). The van der Waals surface area contributed by atoms with Crippen molar-refractivity contribution in [1.82, 2.24) is 25.2 Å². The van der Waals surface area contributed by atoms with E-state index in [2.05, 4.69) is 35.9 Å². The van der Waals surface area contributed by atoms with Gasteiger partial charge in [-0.2, -0.15) is 9.97 Å². The second-order valence-electron chi connectivity index (χ2n) is 14.6. The molecule has 234 valence electrons. The summed E-state index contributed by atoms with van der Waals surface area (Å²) in [5.74, 6) is 0.339. The Kier molecular flexibility index (Phi) is 6.31. The number of pyridine rings is 1. The lowest BCUT2D eigenvalue weighted by Gasteiger charge is -2.42. The third kappa shape index (κ3) is 4.33. The molecule has 0 spiro atoms. The molecule has 5 aliphatic rings. The van der Waals surface area contributed by atoms with E-state index in [1.807, 2.05) is 19.1 Å². The van der Waals surface area contributed by atoms with Gasteiger partial charge < -0.3 is 25.4 Å². The summed E-state index contributed by atoms with van der Waals surface area (Å²) in [6.07, 6.45) is 3.27. The summed E-state index contributed by atoms with van der Waals surface area (Å²) in [4.78, 5) is 19.0. The van der Waals surface area contributed by atoms with Gasteiger partial charge in [0, 0.05) is 42.8 Å². The maximum atomic E-state index is 17.0. The van der Waals surface area contributed by atoms with Crippen LogP contribution in [0.3, 0.4) is 0 Å². The fourth-order valence-corrected chi connectivity index (χ4v) is 8.59. The Hall–Kier alpha value is -3.31. The van der Waals surface area contributed by atoms with Crippen LogP contribution in [0.15, 0.2) is 18.2 Å². The predicted octanol–water partition coefficient (Wildman–Crippen LogP) is 4.76. The molecule has 3 N–H and O–H groups in total. The molecular formula is C33H41F2N7O2. The van der Waals surface area contributed by atoms with Crippen LogP contribution in [0, 0.1) is 5.82 Å². The Morgan fingerprint density at radius 2 is 2.02 bits per heavy atom. The molecule has 0 saturated carbocycles. The summed E-state index contributed by atoms with van der Waals surface area (Å²) in [5, 5.41) is 4.20. The van der Waals surface area contributed by atoms with Crippen molar-refractivity contribution < 1.29 is 18.3 Å². The number of rotatable bonds is 4. The summed E-state index contributed by atoms with van der Waals surface area (Å²) < 4.78 is 44.5. The summed E-state index contributed by atoms with van der Waals surface area (Å²) in [6, 6.07) is 6.14. The Morgan fingerprint density at radius 3 is 2.84 bits per heavy atom. The summed E-state index contributed by atoms with van der Waals surface area (Å²) >= 11 is 0. The fraction of sp³-hybridized carbons (Fsp3) is 0.606. The molecule has 2 bridgehead atoms. The number of anilines is 2. The average Bonchev–Trinajstić information content (AvgIpc) is 3.60. The van der Waals surface area contributed by atoms with Crippen molar-refractivity contribution in [3.05, 3.63) is 29.6 Å². The summed E-state index contributed by atoms with van der Waals surface area (Å²) in [6.45, 7) is 10.6. The zero-order valence-electron chi connectivity index (χ0n) is 25.9. The Balaban J connectivity index is 1.31. The van der Waals surface area contributed by atoms with Gasteiger partial charge in [-0.25, -0.2) is 13.8 Å². The van der Waals surface area contributed by atoms with Crippen molar-refractivity contribution in [3.8, 4) is 23.1 Å². The number of benzene rings is 1. The van der Waals surface area contributed by atoms with Crippen molar-refractivity contribution in [2.24, 2.45) is 0 Å². The highest BCUT2D eigenvalue weighted by atomic mass is 19.1. The highest BCUT2D eigenvalue weighted by Crippen LogP contribution is 2.46. The molecular weight excluding hydrogens is 564 g/mol. The Labute approximate surface area is 256 Å². The fourth-order valence-electron chi connectivity index (χ4n) is 8.59. The largest absolute Gasteiger partial charge is 0.472 e. The van der Waals surface area contributed by atoms with E-state index in [4.69, 9.17) is 30.2 Å². The van der Waals surface area contributed by atoms with E-state index in [0.29, 0.717) is 53.9 Å². The van der Waals surface area contributed by atoms with Crippen LogP contribution in [-0.4, -0.2) is 82.0 Å². The highest BCUT2D eigenvalue weighted by molar-refractivity contribution is 5.97. The van der Waals surface area contributed by atoms with Gasteiger partial charge in [0.1, 0.15) is 41.3 Å². The average molecular weight is 606 g/mol. The number of hydrogen-bond donors (Lipinski definition) is 2. The quantitative estimate of drug-likeness (QED) is 0.408. The van der Waals surface area contributed by atoms with Gasteiger partial charge in [0.15, 0.2) is 5.82 Å². The first-order valence-corrected chi connectivity index (χ1v) is 16.0. The van der Waals surface area contributed by atoms with Gasteiger partial charge in [-0.3, -0.25) is 4.90 Å². The molecule has 9 nitrogen and oxygen atoms in total. The standard InChI is InChI=1S/C33H41F2N7O2/c1-17-28-23-9-7-20(37-23)15-42(28)29-24-27(39-31(40-29)43-16-33-10-5-11-41(33)14-18(34)13-33)25(35)26(38-30(24)44-17)21-12-19(36)6-8-22(21)32(2,3)4/h6,8,12,17-18,20,23,28,37H,5,7,9-11,13-16,36H2,1-4H3/t17-,18+,20+,23-,28+,33-/m0/s1. The maximum absolute atomic E-state index is 17.0. The van der Waals surface area contributed by atoms with Crippen molar-refractivity contribution in [3.63, 3.8) is 0 Å². The van der Waals surface area contributed by atoms with Crippen molar-refractivity contribution in [2.75, 3.05) is 36.9 Å². The number of nitrogens with two attached hydrogens (primary N) is 1. The van der Waals surface area contributed by atoms with Crippen molar-refractivity contribution >= 4 is 22.4 Å². The van der Waals surface area contributed by atoms with E-state index < -0.39 is 12.0 Å². The van der Waals surface area contributed by atoms with E-state index in [-0.39, 0.29) is 53.0 Å². The Bertz CT molecular complexity index is 1650. The van der Waals surface area contributed by atoms with Crippen LogP contribution in [0.5, 0.6) is 11.9 Å². The van der Waals surface area contributed by atoms with Gasteiger partial charge >= 0.3 is 6.01 Å². The molecule has 3 aromatic rings. The summed E-state index contributed by atoms with van der Waals surface area (Å²) in [5.41, 5.74) is 7.86. The molecule has 0 aliphatic carbocycles. The molecule has 0 radical (unpaired) electrons. The second kappa shape index (κ2) is 9.84. The number of fused-ring (bicyclic) bond motifs is 6. The second-order valence-corrected chi connectivity index (χ2v) is 14.6. The van der Waals surface area contributed by atoms with Crippen molar-refractivity contribution in [1.29, 1.82) is 0 Å². The van der Waals surface area contributed by atoms with Crippen molar-refractivity contribution in [2.45, 2.75) is 101 Å². The topological polar surface area (TPSA) is 102 Å². The molecule has 2 aromatic heterocycles. The van der Waals surface area contributed by atoms with Gasteiger partial charge in [-0.1, -0.05) is 26.8 Å². The maximum Gasteiger partial charge on any atom is 0.319 e. The van der Waals surface area contributed by atoms with Gasteiger partial charge in [-0.15, -0.1) is 0 Å². The van der Waals surface area contributed by atoms with Crippen LogP contribution in [0.25, 0.3) is 22.2 Å². The first-order chi connectivity index (χ1) is 21.0. The third-order valence-electron chi connectivity index (χ3n) is 10.6. The number of hydrogen-bond acceptors (Lipinski definition) is 9. The number of nitrogen functional groups attached to an aromatic ring is 1.